The minimum Gasteiger partial charge on any atom is -0.497 e. The predicted molar refractivity (Wildman–Crippen MR) is 78.7 cm³/mol. The van der Waals surface area contributed by atoms with Crippen LogP contribution < -0.4 is 4.74 Å². The van der Waals surface area contributed by atoms with Crippen molar-refractivity contribution in [3.63, 3.8) is 0 Å². The minimum absolute atomic E-state index is 0.153. The Morgan fingerprint density at radius 2 is 2.13 bits per heavy atom. The first-order valence-electron chi connectivity index (χ1n) is 7.47. The lowest BCUT2D eigenvalue weighted by Gasteiger charge is -2.20. The second-order valence-electron chi connectivity index (χ2n) is 5.73. The van der Waals surface area contributed by atoms with Crippen molar-refractivity contribution in [1.29, 1.82) is 0 Å². The fraction of sp³-hybridized carbons (Fsp3) is 0.438. The van der Waals surface area contributed by atoms with Gasteiger partial charge in [-0.1, -0.05) is 0 Å². The van der Waals surface area contributed by atoms with Crippen LogP contribution >= 0.6 is 0 Å². The summed E-state index contributed by atoms with van der Waals surface area (Å²) in [6.45, 7) is 0.644. The van der Waals surface area contributed by atoms with Gasteiger partial charge in [-0.05, 0) is 18.2 Å². The molecule has 0 radical (unpaired) electrons. The zero-order valence-electron chi connectivity index (χ0n) is 12.6. The molecule has 0 unspecified atom stereocenters. The smallest absolute Gasteiger partial charge is 0.143 e. The molecule has 2 aliphatic rings. The molecule has 122 valence electrons. The van der Waals surface area contributed by atoms with E-state index in [1.807, 2.05) is 4.57 Å². The maximum absolute atomic E-state index is 14.3. The molecule has 1 N–H and O–H groups in total. The van der Waals surface area contributed by atoms with E-state index < -0.39 is 6.10 Å². The number of halogens is 1. The summed E-state index contributed by atoms with van der Waals surface area (Å²) in [5.41, 5.74) is 0.358. The van der Waals surface area contributed by atoms with Crippen LogP contribution in [0, 0.1) is 5.82 Å². The summed E-state index contributed by atoms with van der Waals surface area (Å²) in [6.07, 6.45) is 2.17. The van der Waals surface area contributed by atoms with Gasteiger partial charge in [-0.15, -0.1) is 0 Å². The summed E-state index contributed by atoms with van der Waals surface area (Å²) in [5.74, 6) is 0.672. The summed E-state index contributed by atoms with van der Waals surface area (Å²) in [5, 5.41) is 9.86. The number of fused-ring (bicyclic) bond motifs is 1. The maximum atomic E-state index is 14.3. The van der Waals surface area contributed by atoms with Gasteiger partial charge in [0.1, 0.15) is 35.7 Å². The van der Waals surface area contributed by atoms with Gasteiger partial charge in [0.25, 0.3) is 0 Å². The zero-order valence-corrected chi connectivity index (χ0v) is 12.6. The molecule has 2 fully saturated rings. The van der Waals surface area contributed by atoms with Crippen molar-refractivity contribution in [3.8, 4) is 17.1 Å². The summed E-state index contributed by atoms with van der Waals surface area (Å²) in [6, 6.07) is 4.39. The lowest BCUT2D eigenvalue weighted by Crippen LogP contribution is -2.30. The lowest BCUT2D eigenvalue weighted by atomic mass is 10.1. The highest BCUT2D eigenvalue weighted by atomic mass is 19.1. The van der Waals surface area contributed by atoms with E-state index in [2.05, 4.69) is 4.98 Å². The Kier molecular flexibility index (Phi) is 3.56. The Morgan fingerprint density at radius 1 is 1.30 bits per heavy atom. The van der Waals surface area contributed by atoms with Crippen molar-refractivity contribution in [2.45, 2.75) is 24.4 Å². The van der Waals surface area contributed by atoms with Crippen LogP contribution in [-0.4, -0.2) is 53.3 Å². The highest BCUT2D eigenvalue weighted by molar-refractivity contribution is 5.59. The number of aliphatic hydroxyl groups excluding tert-OH is 1. The third-order valence-corrected chi connectivity index (χ3v) is 4.44. The second-order valence-corrected chi connectivity index (χ2v) is 5.73. The Hall–Kier alpha value is -1.96. The highest BCUT2D eigenvalue weighted by Crippen LogP contribution is 2.37. The van der Waals surface area contributed by atoms with E-state index in [0.717, 1.165) is 0 Å². The van der Waals surface area contributed by atoms with Gasteiger partial charge >= 0.3 is 0 Å². The molecule has 1 aromatic heterocycles. The van der Waals surface area contributed by atoms with Crippen LogP contribution in [0.25, 0.3) is 11.4 Å². The number of aromatic nitrogens is 2. The quantitative estimate of drug-likeness (QED) is 0.926. The maximum Gasteiger partial charge on any atom is 0.143 e. The molecule has 4 atom stereocenters. The number of methoxy groups -OCH3 is 1. The van der Waals surface area contributed by atoms with Crippen LogP contribution in [0.3, 0.4) is 0 Å². The topological polar surface area (TPSA) is 65.7 Å². The molecule has 2 aliphatic heterocycles. The Balaban J connectivity index is 1.72. The van der Waals surface area contributed by atoms with E-state index >= 15 is 0 Å². The summed E-state index contributed by atoms with van der Waals surface area (Å²) in [7, 11) is 1.53. The Bertz CT molecular complexity index is 720. The summed E-state index contributed by atoms with van der Waals surface area (Å²) < 4.78 is 32.6. The average Bonchev–Trinajstić information content (AvgIpc) is 3.25. The van der Waals surface area contributed by atoms with E-state index in [1.165, 1.54) is 13.2 Å². The molecule has 4 rings (SSSR count). The third-order valence-electron chi connectivity index (χ3n) is 4.44. The first-order chi connectivity index (χ1) is 11.2. The molecule has 6 nitrogen and oxygen atoms in total. The predicted octanol–water partition coefficient (Wildman–Crippen LogP) is 1.40. The fourth-order valence-electron chi connectivity index (χ4n) is 3.29. The zero-order chi connectivity index (χ0) is 16.0. The molecular formula is C16H17FN2O4. The number of aliphatic hydroxyl groups is 1. The van der Waals surface area contributed by atoms with Crippen molar-refractivity contribution in [2.75, 3.05) is 20.3 Å². The van der Waals surface area contributed by atoms with E-state index in [-0.39, 0.29) is 30.7 Å². The fourth-order valence-corrected chi connectivity index (χ4v) is 3.29. The number of ether oxygens (including phenoxy) is 3. The highest BCUT2D eigenvalue weighted by Gasteiger charge is 2.48. The molecule has 0 amide bonds. The molecule has 0 bridgehead atoms. The Labute approximate surface area is 132 Å². The van der Waals surface area contributed by atoms with Gasteiger partial charge in [-0.2, -0.15) is 0 Å². The van der Waals surface area contributed by atoms with Gasteiger partial charge in [0.2, 0.25) is 0 Å². The Morgan fingerprint density at radius 3 is 2.96 bits per heavy atom. The summed E-state index contributed by atoms with van der Waals surface area (Å²) in [4.78, 5) is 4.29. The SMILES string of the molecule is COc1ccc(F)c(-c2nccn2[C@H]2CO[C@H]3[C@@H]2OC[C@H]3O)c1. The van der Waals surface area contributed by atoms with E-state index in [0.29, 0.717) is 23.7 Å². The van der Waals surface area contributed by atoms with Crippen molar-refractivity contribution in [3.05, 3.63) is 36.4 Å². The molecule has 0 spiro atoms. The number of rotatable bonds is 3. The molecular weight excluding hydrogens is 303 g/mol. The lowest BCUT2D eigenvalue weighted by molar-refractivity contribution is 0.0172. The van der Waals surface area contributed by atoms with Gasteiger partial charge in [-0.25, -0.2) is 9.37 Å². The first-order valence-corrected chi connectivity index (χ1v) is 7.47. The number of hydrogen-bond acceptors (Lipinski definition) is 5. The van der Waals surface area contributed by atoms with Crippen LogP contribution in [0.5, 0.6) is 5.75 Å². The molecule has 3 heterocycles. The minimum atomic E-state index is -0.620. The van der Waals surface area contributed by atoms with Gasteiger partial charge in [-0.3, -0.25) is 0 Å². The standard InChI is InChI=1S/C16H17FN2O4/c1-21-9-2-3-11(17)10(6-9)16-18-4-5-19(16)12-7-22-15-13(20)8-23-14(12)15/h2-6,12-15,20H,7-8H2,1H3/t12-,13+,14+,15+/m0/s1. The van der Waals surface area contributed by atoms with Gasteiger partial charge in [0.05, 0.1) is 31.9 Å². The molecule has 0 saturated carbocycles. The van der Waals surface area contributed by atoms with Crippen molar-refractivity contribution in [1.82, 2.24) is 9.55 Å². The first kappa shape index (κ1) is 14.6. The monoisotopic (exact) mass is 320 g/mol. The van der Waals surface area contributed by atoms with E-state index in [4.69, 9.17) is 14.2 Å². The number of benzene rings is 1. The van der Waals surface area contributed by atoms with E-state index in [1.54, 1.807) is 24.5 Å². The molecule has 7 heteroatoms. The molecule has 23 heavy (non-hydrogen) atoms. The molecule has 0 aliphatic carbocycles. The number of nitrogens with zero attached hydrogens (tertiary/aromatic N) is 2. The largest absolute Gasteiger partial charge is 0.497 e. The van der Waals surface area contributed by atoms with Crippen molar-refractivity contribution < 1.29 is 23.7 Å². The van der Waals surface area contributed by atoms with Gasteiger partial charge in [0, 0.05) is 12.4 Å². The van der Waals surface area contributed by atoms with Crippen LogP contribution in [0.2, 0.25) is 0 Å². The number of imidazole rings is 1. The van der Waals surface area contributed by atoms with Gasteiger partial charge < -0.3 is 23.9 Å². The van der Waals surface area contributed by atoms with Crippen molar-refractivity contribution in [2.24, 2.45) is 0 Å². The number of hydrogen-bond donors (Lipinski definition) is 1. The van der Waals surface area contributed by atoms with Crippen LogP contribution in [0.1, 0.15) is 6.04 Å². The molecule has 2 saturated heterocycles. The second kappa shape index (κ2) is 5.59. The third kappa shape index (κ3) is 2.32. The van der Waals surface area contributed by atoms with Crippen LogP contribution in [0.15, 0.2) is 30.6 Å². The van der Waals surface area contributed by atoms with Gasteiger partial charge in [0.15, 0.2) is 0 Å². The van der Waals surface area contributed by atoms with Crippen LogP contribution in [-0.2, 0) is 9.47 Å². The normalized spacial score (nSPS) is 29.7. The van der Waals surface area contributed by atoms with E-state index in [9.17, 15) is 9.50 Å². The molecule has 1 aromatic carbocycles. The summed E-state index contributed by atoms with van der Waals surface area (Å²) >= 11 is 0. The van der Waals surface area contributed by atoms with Crippen molar-refractivity contribution >= 4 is 0 Å². The molecule has 2 aromatic rings. The van der Waals surface area contributed by atoms with Crippen LogP contribution in [0.4, 0.5) is 4.39 Å². The average molecular weight is 320 g/mol.